The van der Waals surface area contributed by atoms with Crippen molar-refractivity contribution in [2.75, 3.05) is 0 Å². The van der Waals surface area contributed by atoms with Gasteiger partial charge in [-0.05, 0) is 66.2 Å². The Morgan fingerprint density at radius 3 is 1.74 bits per heavy atom. The number of hydrogen-bond acceptors (Lipinski definition) is 0. The Morgan fingerprint density at radius 1 is 0.457 bits per heavy atom. The van der Waals surface area contributed by atoms with Gasteiger partial charge in [-0.25, -0.2) is 0 Å². The summed E-state index contributed by atoms with van der Waals surface area (Å²) in [7, 11) is 0. The summed E-state index contributed by atoms with van der Waals surface area (Å²) in [5.74, 6) is 0. The summed E-state index contributed by atoms with van der Waals surface area (Å²) in [5.41, 5.74) is 8.34. The molecule has 2 nitrogen and oxygen atoms in total. The van der Waals surface area contributed by atoms with Gasteiger partial charge < -0.3 is 9.13 Å². The van der Waals surface area contributed by atoms with Crippen LogP contribution in [0.3, 0.4) is 0 Å². The van der Waals surface area contributed by atoms with Gasteiger partial charge in [0.25, 0.3) is 0 Å². The molecule has 2 aromatic heterocycles. The highest BCUT2D eigenvalue weighted by molar-refractivity contribution is 9.10. The van der Waals surface area contributed by atoms with Crippen molar-refractivity contribution in [2.24, 2.45) is 0 Å². The second-order valence-corrected chi connectivity index (χ2v) is 9.74. The molecule has 0 atom stereocenters. The first-order valence-corrected chi connectivity index (χ1v) is 12.5. The van der Waals surface area contributed by atoms with Crippen molar-refractivity contribution in [1.82, 2.24) is 9.13 Å². The first-order chi connectivity index (χ1) is 17.3. The smallest absolute Gasteiger partial charge is 0.0548 e. The number of hydrogen-bond donors (Lipinski definition) is 0. The molecule has 0 aliphatic rings. The number of nitrogens with zero attached hydrogens (tertiary/aromatic N) is 2. The number of aromatic nitrogens is 2. The highest BCUT2D eigenvalue weighted by atomic mass is 79.9. The molecule has 7 aromatic rings. The molecule has 7 rings (SSSR count). The summed E-state index contributed by atoms with van der Waals surface area (Å²) in [6.45, 7) is 0. The molecule has 0 saturated heterocycles. The van der Waals surface area contributed by atoms with Crippen LogP contribution < -0.4 is 0 Å². The quantitative estimate of drug-likeness (QED) is 0.223. The summed E-state index contributed by atoms with van der Waals surface area (Å²) >= 11 is 3.70. The standard InChI is InChI=1S/C32H21BrN2/c33-24-16-17-29-27(20-24)28-21-31-23(19-32(28)34(29)25-12-6-2-7-13-25)18-30(22-10-4-1-5-11-22)35(31)26-14-8-3-9-15-26/h1-21H. The first kappa shape index (κ1) is 20.3. The van der Waals surface area contributed by atoms with Gasteiger partial charge in [-0.3, -0.25) is 0 Å². The van der Waals surface area contributed by atoms with E-state index in [9.17, 15) is 0 Å². The maximum atomic E-state index is 3.70. The molecule has 0 aliphatic heterocycles. The molecule has 0 amide bonds. The predicted octanol–water partition coefficient (Wildman–Crippen LogP) is 9.16. The molecular formula is C32H21BrN2. The lowest BCUT2D eigenvalue weighted by molar-refractivity contribution is 1.13. The number of rotatable bonds is 3. The third-order valence-electron chi connectivity index (χ3n) is 6.75. The van der Waals surface area contributed by atoms with Crippen LogP contribution >= 0.6 is 15.9 Å². The largest absolute Gasteiger partial charge is 0.309 e. The summed E-state index contributed by atoms with van der Waals surface area (Å²) in [4.78, 5) is 0. The molecule has 0 bridgehead atoms. The summed E-state index contributed by atoms with van der Waals surface area (Å²) in [6, 6.07) is 45.5. The van der Waals surface area contributed by atoms with Crippen LogP contribution in [0.4, 0.5) is 0 Å². The molecule has 0 spiro atoms. The molecule has 2 heterocycles. The SMILES string of the molecule is Brc1ccc2c(c1)c1cc3c(cc(-c4ccccc4)n3-c3ccccc3)cc1n2-c1ccccc1. The van der Waals surface area contributed by atoms with E-state index in [1.54, 1.807) is 0 Å². The van der Waals surface area contributed by atoms with Crippen LogP contribution in [0, 0.1) is 0 Å². The highest BCUT2D eigenvalue weighted by Crippen LogP contribution is 2.39. The fraction of sp³-hybridized carbons (Fsp3) is 0. The molecule has 3 heteroatoms. The van der Waals surface area contributed by atoms with Gasteiger partial charge in [0.15, 0.2) is 0 Å². The monoisotopic (exact) mass is 512 g/mol. The topological polar surface area (TPSA) is 9.86 Å². The zero-order chi connectivity index (χ0) is 23.4. The average molecular weight is 513 g/mol. The lowest BCUT2D eigenvalue weighted by Crippen LogP contribution is -1.96. The molecule has 5 aromatic carbocycles. The Kier molecular flexibility index (Phi) is 4.64. The van der Waals surface area contributed by atoms with E-state index in [0.717, 1.165) is 10.2 Å². The van der Waals surface area contributed by atoms with Gasteiger partial charge in [-0.2, -0.15) is 0 Å². The Morgan fingerprint density at radius 2 is 1.06 bits per heavy atom. The van der Waals surface area contributed by atoms with Gasteiger partial charge in [0.05, 0.1) is 22.2 Å². The van der Waals surface area contributed by atoms with Crippen LogP contribution in [0.2, 0.25) is 0 Å². The van der Waals surface area contributed by atoms with Crippen LogP contribution in [0.5, 0.6) is 0 Å². The van der Waals surface area contributed by atoms with Gasteiger partial charge in [0.2, 0.25) is 0 Å². The molecule has 166 valence electrons. The highest BCUT2D eigenvalue weighted by Gasteiger charge is 2.18. The Labute approximate surface area is 211 Å². The van der Waals surface area contributed by atoms with Crippen molar-refractivity contribution >= 4 is 48.6 Å². The number of fused-ring (bicyclic) bond motifs is 4. The van der Waals surface area contributed by atoms with Crippen molar-refractivity contribution in [3.05, 3.63) is 132 Å². The maximum absolute atomic E-state index is 3.70. The summed E-state index contributed by atoms with van der Waals surface area (Å²) in [5, 5.41) is 3.70. The third-order valence-corrected chi connectivity index (χ3v) is 7.24. The molecule has 35 heavy (non-hydrogen) atoms. The Hall–Kier alpha value is -4.08. The van der Waals surface area contributed by atoms with E-state index in [2.05, 4.69) is 152 Å². The van der Waals surface area contributed by atoms with E-state index in [4.69, 9.17) is 0 Å². The van der Waals surface area contributed by atoms with E-state index in [1.165, 1.54) is 49.7 Å². The molecule has 0 N–H and O–H groups in total. The number of benzene rings is 5. The van der Waals surface area contributed by atoms with Crippen molar-refractivity contribution < 1.29 is 0 Å². The Balaban J connectivity index is 1.64. The zero-order valence-corrected chi connectivity index (χ0v) is 20.5. The first-order valence-electron chi connectivity index (χ1n) is 11.7. The van der Waals surface area contributed by atoms with E-state index >= 15 is 0 Å². The van der Waals surface area contributed by atoms with Crippen molar-refractivity contribution in [3.8, 4) is 22.6 Å². The van der Waals surface area contributed by atoms with Gasteiger partial charge in [0, 0.05) is 32.0 Å². The van der Waals surface area contributed by atoms with Crippen LogP contribution in [0.1, 0.15) is 0 Å². The molecule has 0 fully saturated rings. The van der Waals surface area contributed by atoms with Gasteiger partial charge >= 0.3 is 0 Å². The molecular weight excluding hydrogens is 492 g/mol. The fourth-order valence-electron chi connectivity index (χ4n) is 5.23. The average Bonchev–Trinajstić information content (AvgIpc) is 3.44. The van der Waals surface area contributed by atoms with Crippen molar-refractivity contribution in [3.63, 3.8) is 0 Å². The Bertz CT molecular complexity index is 1830. The fourth-order valence-corrected chi connectivity index (χ4v) is 5.59. The maximum Gasteiger partial charge on any atom is 0.0548 e. The molecule has 0 aliphatic carbocycles. The second-order valence-electron chi connectivity index (χ2n) is 8.83. The minimum Gasteiger partial charge on any atom is -0.309 e. The lowest BCUT2D eigenvalue weighted by Gasteiger charge is -2.11. The van der Waals surface area contributed by atoms with Gasteiger partial charge in [-0.1, -0.05) is 82.7 Å². The lowest BCUT2D eigenvalue weighted by atomic mass is 10.1. The molecule has 0 unspecified atom stereocenters. The summed E-state index contributed by atoms with van der Waals surface area (Å²) in [6.07, 6.45) is 0. The van der Waals surface area contributed by atoms with E-state index in [1.807, 2.05) is 0 Å². The molecule has 0 saturated carbocycles. The minimum atomic E-state index is 1.08. The van der Waals surface area contributed by atoms with E-state index in [0.29, 0.717) is 0 Å². The van der Waals surface area contributed by atoms with Crippen LogP contribution in [-0.4, -0.2) is 9.13 Å². The van der Waals surface area contributed by atoms with Crippen LogP contribution in [0.15, 0.2) is 132 Å². The van der Waals surface area contributed by atoms with Crippen LogP contribution in [0.25, 0.3) is 55.3 Å². The van der Waals surface area contributed by atoms with Crippen molar-refractivity contribution in [1.29, 1.82) is 0 Å². The summed E-state index contributed by atoms with van der Waals surface area (Å²) < 4.78 is 5.84. The number of para-hydroxylation sites is 2. The van der Waals surface area contributed by atoms with E-state index < -0.39 is 0 Å². The number of halogens is 1. The van der Waals surface area contributed by atoms with E-state index in [-0.39, 0.29) is 0 Å². The van der Waals surface area contributed by atoms with Crippen molar-refractivity contribution in [2.45, 2.75) is 0 Å². The van der Waals surface area contributed by atoms with Gasteiger partial charge in [0.1, 0.15) is 0 Å². The zero-order valence-electron chi connectivity index (χ0n) is 18.9. The van der Waals surface area contributed by atoms with Crippen LogP contribution in [-0.2, 0) is 0 Å². The molecule has 0 radical (unpaired) electrons. The third kappa shape index (κ3) is 3.23. The van der Waals surface area contributed by atoms with Gasteiger partial charge in [-0.15, -0.1) is 0 Å². The normalized spacial score (nSPS) is 11.6. The minimum absolute atomic E-state index is 1.08. The second kappa shape index (κ2) is 8.00. The predicted molar refractivity (Wildman–Crippen MR) is 151 cm³/mol.